The second-order valence-electron chi connectivity index (χ2n) is 11.2. The molecule has 12 heteroatoms. The summed E-state index contributed by atoms with van der Waals surface area (Å²) in [7, 11) is 4.49. The van der Waals surface area contributed by atoms with E-state index < -0.39 is 35.8 Å². The molecule has 4 aromatic carbocycles. The third kappa shape index (κ3) is 7.02. The first-order chi connectivity index (χ1) is 22.6. The van der Waals surface area contributed by atoms with Gasteiger partial charge in [-0.25, -0.2) is 4.79 Å². The number of amides is 3. The zero-order valence-corrected chi connectivity index (χ0v) is 28.1. The number of benzene rings is 4. The van der Waals surface area contributed by atoms with Gasteiger partial charge in [0.1, 0.15) is 11.8 Å². The number of ether oxygens (including phenoxy) is 2. The van der Waals surface area contributed by atoms with Crippen molar-refractivity contribution in [3.05, 3.63) is 101 Å². The number of nitrogens with zero attached hydrogens (tertiary/aromatic N) is 2. The Morgan fingerprint density at radius 3 is 2.17 bits per heavy atom. The molecule has 0 fully saturated rings. The van der Waals surface area contributed by atoms with Crippen LogP contribution in [0.2, 0.25) is 0 Å². The number of para-hydroxylation sites is 2. The van der Waals surface area contributed by atoms with Crippen LogP contribution in [0.3, 0.4) is 0 Å². The fourth-order valence-corrected chi connectivity index (χ4v) is 5.61. The van der Waals surface area contributed by atoms with Crippen LogP contribution in [0.5, 0.6) is 5.75 Å². The summed E-state index contributed by atoms with van der Waals surface area (Å²) in [6, 6.07) is 20.4. The number of halogens is 1. The van der Waals surface area contributed by atoms with Gasteiger partial charge < -0.3 is 29.9 Å². The van der Waals surface area contributed by atoms with Crippen LogP contribution in [0.1, 0.15) is 50.5 Å². The van der Waals surface area contributed by atoms with Crippen LogP contribution in [0.4, 0.5) is 11.4 Å². The Morgan fingerprint density at radius 1 is 0.896 bits per heavy atom. The highest BCUT2D eigenvalue weighted by molar-refractivity contribution is 6.13. The molecular formula is C36H37ClN4O7. The van der Waals surface area contributed by atoms with Gasteiger partial charge in [0.2, 0.25) is 5.91 Å². The van der Waals surface area contributed by atoms with E-state index in [0.29, 0.717) is 39.4 Å². The molecule has 5 rings (SSSR count). The van der Waals surface area contributed by atoms with Crippen LogP contribution in [-0.4, -0.2) is 69.4 Å². The third-order valence-corrected chi connectivity index (χ3v) is 8.36. The first kappa shape index (κ1) is 35.6. The highest BCUT2D eigenvalue weighted by Crippen LogP contribution is 2.38. The number of Topliss-reactive ketones (excluding diaryl/α,β-unsaturated/α-hetero) is 1. The van der Waals surface area contributed by atoms with E-state index in [1.165, 1.54) is 26.0 Å². The maximum absolute atomic E-state index is 14.5. The Labute approximate surface area is 284 Å². The molecule has 11 nitrogen and oxygen atoms in total. The van der Waals surface area contributed by atoms with Crippen LogP contribution in [-0.2, 0) is 20.9 Å². The summed E-state index contributed by atoms with van der Waals surface area (Å²) >= 11 is 0. The molecule has 0 saturated heterocycles. The Hall–Kier alpha value is -5.26. The molecule has 2 N–H and O–H groups in total. The number of carbonyl (C=O) groups is 5. The number of hydrogen-bond donors (Lipinski definition) is 2. The van der Waals surface area contributed by atoms with Crippen LogP contribution in [0.15, 0.2) is 78.9 Å². The Bertz CT molecular complexity index is 1880. The zero-order valence-electron chi connectivity index (χ0n) is 27.2. The van der Waals surface area contributed by atoms with Gasteiger partial charge in [0, 0.05) is 16.7 Å². The Morgan fingerprint density at radius 2 is 1.54 bits per heavy atom. The number of fused-ring (bicyclic) bond motifs is 2. The van der Waals surface area contributed by atoms with E-state index in [0.717, 1.165) is 10.8 Å². The maximum atomic E-state index is 14.5. The summed E-state index contributed by atoms with van der Waals surface area (Å²) in [5.74, 6) is -1.33. The summed E-state index contributed by atoms with van der Waals surface area (Å²) in [5, 5.41) is 7.21. The summed E-state index contributed by atoms with van der Waals surface area (Å²) in [6.07, 6.45) is 0. The lowest BCUT2D eigenvalue weighted by Gasteiger charge is -2.27. The SMILES string of the molecule is CN[C@@H](C)C(=O)N[C@H]1CN(C(=O)c2ccc(C(C)=O)cc2)c2ccccc2N(Cc2c(OC)ccc3cc(C(=O)OC)ccc23)C1=O.Cl. The Balaban J connectivity index is 0.00000520. The van der Waals surface area contributed by atoms with Gasteiger partial charge in [0.05, 0.1) is 50.3 Å². The molecule has 0 aliphatic carbocycles. The number of nitrogens with one attached hydrogen (secondary N) is 2. The number of likely N-dealkylation sites (N-methyl/N-ethyl adjacent to an activating group) is 1. The van der Waals surface area contributed by atoms with Crippen LogP contribution in [0.25, 0.3) is 10.8 Å². The van der Waals surface area contributed by atoms with E-state index in [1.54, 1.807) is 91.7 Å². The number of ketones is 1. The van der Waals surface area contributed by atoms with Crippen molar-refractivity contribution in [2.24, 2.45) is 0 Å². The van der Waals surface area contributed by atoms with Crippen molar-refractivity contribution in [1.82, 2.24) is 10.6 Å². The number of hydrogen-bond acceptors (Lipinski definition) is 8. The summed E-state index contributed by atoms with van der Waals surface area (Å²) < 4.78 is 10.6. The van der Waals surface area contributed by atoms with E-state index >= 15 is 0 Å². The summed E-state index contributed by atoms with van der Waals surface area (Å²) in [5.41, 5.74) is 2.74. The topological polar surface area (TPSA) is 134 Å². The first-order valence-electron chi connectivity index (χ1n) is 15.1. The van der Waals surface area contributed by atoms with Crippen molar-refractivity contribution in [3.8, 4) is 5.75 Å². The molecule has 0 unspecified atom stereocenters. The van der Waals surface area contributed by atoms with Gasteiger partial charge in [-0.3, -0.25) is 19.2 Å². The summed E-state index contributed by atoms with van der Waals surface area (Å²) in [4.78, 5) is 68.9. The lowest BCUT2D eigenvalue weighted by molar-refractivity contribution is -0.128. The van der Waals surface area contributed by atoms with E-state index in [-0.39, 0.29) is 31.3 Å². The first-order valence-corrected chi connectivity index (χ1v) is 15.1. The second kappa shape index (κ2) is 15.1. The maximum Gasteiger partial charge on any atom is 0.337 e. The molecule has 1 aliphatic rings. The van der Waals surface area contributed by atoms with Crippen LogP contribution in [0, 0.1) is 0 Å². The van der Waals surface area contributed by atoms with Crippen molar-refractivity contribution in [2.75, 3.05) is 37.6 Å². The monoisotopic (exact) mass is 672 g/mol. The van der Waals surface area contributed by atoms with Gasteiger partial charge in [-0.2, -0.15) is 0 Å². The molecule has 2 atom stereocenters. The largest absolute Gasteiger partial charge is 0.496 e. The minimum Gasteiger partial charge on any atom is -0.496 e. The normalized spacial score (nSPS) is 14.7. The minimum absolute atomic E-state index is 0. The fourth-order valence-electron chi connectivity index (χ4n) is 5.61. The molecule has 0 spiro atoms. The number of rotatable bonds is 9. The standard InChI is InChI=1S/C36H36N4O7.ClH/c1-21(37-3)33(42)38-29-20-40(34(43)24-12-10-23(11-13-24)22(2)41)31-9-7-6-8-30(31)39(35(29)44)19-28-27-16-14-26(36(45)47-5)18-25(27)15-17-32(28)46-4;/h6-18,21,29,37H,19-20H2,1-5H3,(H,38,42);1H/t21-,29-;/m0./s1. The molecule has 0 radical (unpaired) electrons. The quantitative estimate of drug-likeness (QED) is 0.196. The highest BCUT2D eigenvalue weighted by Gasteiger charge is 2.38. The average molecular weight is 673 g/mol. The number of esters is 1. The predicted molar refractivity (Wildman–Crippen MR) is 185 cm³/mol. The van der Waals surface area contributed by atoms with Gasteiger partial charge in [0.15, 0.2) is 5.78 Å². The molecule has 0 bridgehead atoms. The second-order valence-corrected chi connectivity index (χ2v) is 11.2. The number of carbonyl (C=O) groups excluding carboxylic acids is 5. The van der Waals surface area contributed by atoms with Crippen molar-refractivity contribution in [3.63, 3.8) is 0 Å². The predicted octanol–water partition coefficient (Wildman–Crippen LogP) is 4.55. The van der Waals surface area contributed by atoms with Gasteiger partial charge in [-0.1, -0.05) is 36.4 Å². The fraction of sp³-hybridized carbons (Fsp3) is 0.250. The van der Waals surface area contributed by atoms with Gasteiger partial charge in [0.25, 0.3) is 11.8 Å². The smallest absolute Gasteiger partial charge is 0.337 e. The Kier molecular flexibility index (Phi) is 11.2. The van der Waals surface area contributed by atoms with Crippen molar-refractivity contribution in [2.45, 2.75) is 32.5 Å². The highest BCUT2D eigenvalue weighted by atomic mass is 35.5. The molecule has 0 saturated carbocycles. The molecule has 3 amide bonds. The lowest BCUT2D eigenvalue weighted by Crippen LogP contribution is -2.55. The molecule has 250 valence electrons. The van der Waals surface area contributed by atoms with E-state index in [4.69, 9.17) is 9.47 Å². The zero-order chi connectivity index (χ0) is 33.8. The van der Waals surface area contributed by atoms with Crippen molar-refractivity contribution >= 4 is 64.0 Å². The third-order valence-electron chi connectivity index (χ3n) is 8.36. The molecular weight excluding hydrogens is 636 g/mol. The average Bonchev–Trinajstić information content (AvgIpc) is 3.21. The molecule has 4 aromatic rings. The number of anilines is 2. The van der Waals surface area contributed by atoms with Crippen LogP contribution < -0.4 is 25.2 Å². The van der Waals surface area contributed by atoms with Crippen molar-refractivity contribution in [1.29, 1.82) is 0 Å². The molecule has 0 aromatic heterocycles. The van der Waals surface area contributed by atoms with Gasteiger partial charge in [-0.15, -0.1) is 12.4 Å². The van der Waals surface area contributed by atoms with Crippen LogP contribution >= 0.6 is 12.4 Å². The molecule has 1 heterocycles. The number of methoxy groups -OCH3 is 2. The van der Waals surface area contributed by atoms with E-state index in [9.17, 15) is 24.0 Å². The summed E-state index contributed by atoms with van der Waals surface area (Å²) in [6.45, 7) is 3.00. The lowest BCUT2D eigenvalue weighted by atomic mass is 10.00. The molecule has 48 heavy (non-hydrogen) atoms. The van der Waals surface area contributed by atoms with Gasteiger partial charge >= 0.3 is 5.97 Å². The van der Waals surface area contributed by atoms with Gasteiger partial charge in [-0.05, 0) is 74.1 Å². The minimum atomic E-state index is -1.11. The van der Waals surface area contributed by atoms with Crippen molar-refractivity contribution < 1.29 is 33.4 Å². The van der Waals surface area contributed by atoms with E-state index in [2.05, 4.69) is 10.6 Å². The molecule has 1 aliphatic heterocycles. The van der Waals surface area contributed by atoms with E-state index in [1.807, 2.05) is 6.07 Å².